The molecule has 114 valence electrons. The van der Waals surface area contributed by atoms with Gasteiger partial charge in [0.25, 0.3) is 0 Å². The molecule has 0 fully saturated rings. The molecular formula is C16H27NO3. The third-order valence-corrected chi connectivity index (χ3v) is 3.28. The number of unbranched alkanes of at least 4 members (excludes halogenated alkanes) is 3. The quantitative estimate of drug-likeness (QED) is 0.669. The SMILES string of the molecule is CCCCCCOCC(N)c1cc(OC)ccc1OC. The number of nitrogens with two attached hydrogens (primary N) is 1. The zero-order valence-electron chi connectivity index (χ0n) is 12.9. The molecule has 0 spiro atoms. The van der Waals surface area contributed by atoms with Crippen LogP contribution in [0.25, 0.3) is 0 Å². The van der Waals surface area contributed by atoms with Crippen molar-refractivity contribution >= 4 is 0 Å². The molecule has 20 heavy (non-hydrogen) atoms. The molecule has 0 aliphatic carbocycles. The average Bonchev–Trinajstić information content (AvgIpc) is 2.49. The van der Waals surface area contributed by atoms with E-state index in [1.54, 1.807) is 14.2 Å². The third-order valence-electron chi connectivity index (χ3n) is 3.28. The number of hydrogen-bond acceptors (Lipinski definition) is 4. The molecule has 1 aromatic carbocycles. The van der Waals surface area contributed by atoms with Gasteiger partial charge >= 0.3 is 0 Å². The van der Waals surface area contributed by atoms with Crippen molar-refractivity contribution in [1.82, 2.24) is 0 Å². The predicted molar refractivity (Wildman–Crippen MR) is 81.4 cm³/mol. The minimum atomic E-state index is -0.203. The molecule has 0 aromatic heterocycles. The lowest BCUT2D eigenvalue weighted by molar-refractivity contribution is 0.116. The second-order valence-electron chi connectivity index (χ2n) is 4.85. The Hall–Kier alpha value is -1.26. The summed E-state index contributed by atoms with van der Waals surface area (Å²) >= 11 is 0. The molecule has 0 saturated carbocycles. The molecule has 0 aliphatic heterocycles. The first-order valence-corrected chi connectivity index (χ1v) is 7.28. The molecule has 1 aromatic rings. The molecule has 4 nitrogen and oxygen atoms in total. The molecule has 0 saturated heterocycles. The van der Waals surface area contributed by atoms with Gasteiger partial charge in [0.2, 0.25) is 0 Å². The highest BCUT2D eigenvalue weighted by molar-refractivity contribution is 5.42. The minimum Gasteiger partial charge on any atom is -0.497 e. The van der Waals surface area contributed by atoms with Crippen LogP contribution in [-0.2, 0) is 4.74 Å². The standard InChI is InChI=1S/C16H27NO3/c1-4-5-6-7-10-20-12-15(17)14-11-13(18-2)8-9-16(14)19-3/h8-9,11,15H,4-7,10,12,17H2,1-3H3. The van der Waals surface area contributed by atoms with Crippen LogP contribution < -0.4 is 15.2 Å². The van der Waals surface area contributed by atoms with E-state index in [-0.39, 0.29) is 6.04 Å². The van der Waals surface area contributed by atoms with E-state index in [1.165, 1.54) is 19.3 Å². The number of rotatable bonds is 10. The van der Waals surface area contributed by atoms with Crippen molar-refractivity contribution in [1.29, 1.82) is 0 Å². The molecular weight excluding hydrogens is 254 g/mol. The molecule has 0 aliphatic rings. The van der Waals surface area contributed by atoms with Crippen LogP contribution >= 0.6 is 0 Å². The lowest BCUT2D eigenvalue weighted by Crippen LogP contribution is -2.18. The molecule has 0 radical (unpaired) electrons. The lowest BCUT2D eigenvalue weighted by atomic mass is 10.1. The Labute approximate surface area is 122 Å². The summed E-state index contributed by atoms with van der Waals surface area (Å²) in [4.78, 5) is 0. The Morgan fingerprint density at radius 3 is 2.55 bits per heavy atom. The van der Waals surface area contributed by atoms with E-state index in [4.69, 9.17) is 19.9 Å². The Balaban J connectivity index is 2.47. The minimum absolute atomic E-state index is 0.203. The molecule has 4 heteroatoms. The van der Waals surface area contributed by atoms with E-state index in [1.807, 2.05) is 18.2 Å². The first kappa shape index (κ1) is 16.8. The van der Waals surface area contributed by atoms with Crippen LogP contribution in [0.5, 0.6) is 11.5 Å². The van der Waals surface area contributed by atoms with Crippen molar-refractivity contribution in [2.45, 2.75) is 38.6 Å². The van der Waals surface area contributed by atoms with Crippen molar-refractivity contribution in [3.05, 3.63) is 23.8 Å². The lowest BCUT2D eigenvalue weighted by Gasteiger charge is -2.17. The van der Waals surface area contributed by atoms with E-state index < -0.39 is 0 Å². The van der Waals surface area contributed by atoms with E-state index in [0.29, 0.717) is 6.61 Å². The molecule has 1 rings (SSSR count). The van der Waals surface area contributed by atoms with Gasteiger partial charge in [0, 0.05) is 12.2 Å². The summed E-state index contributed by atoms with van der Waals surface area (Å²) in [6.45, 7) is 3.46. The summed E-state index contributed by atoms with van der Waals surface area (Å²) < 4.78 is 16.2. The largest absolute Gasteiger partial charge is 0.497 e. The molecule has 0 amide bonds. The van der Waals surface area contributed by atoms with E-state index in [0.717, 1.165) is 30.1 Å². The van der Waals surface area contributed by atoms with E-state index >= 15 is 0 Å². The van der Waals surface area contributed by atoms with Gasteiger partial charge in [0.1, 0.15) is 11.5 Å². The van der Waals surface area contributed by atoms with Crippen LogP contribution in [0.1, 0.15) is 44.2 Å². The van der Waals surface area contributed by atoms with Crippen molar-refractivity contribution in [2.24, 2.45) is 5.73 Å². The summed E-state index contributed by atoms with van der Waals surface area (Å²) in [6, 6.07) is 5.44. The maximum atomic E-state index is 6.18. The van der Waals surface area contributed by atoms with Crippen molar-refractivity contribution < 1.29 is 14.2 Å². The number of benzene rings is 1. The van der Waals surface area contributed by atoms with Gasteiger partial charge in [0.15, 0.2) is 0 Å². The van der Waals surface area contributed by atoms with Gasteiger partial charge in [0.05, 0.1) is 26.9 Å². The maximum Gasteiger partial charge on any atom is 0.123 e. The van der Waals surface area contributed by atoms with Gasteiger partial charge in [-0.25, -0.2) is 0 Å². The van der Waals surface area contributed by atoms with Crippen LogP contribution in [0.4, 0.5) is 0 Å². The highest BCUT2D eigenvalue weighted by Crippen LogP contribution is 2.28. The topological polar surface area (TPSA) is 53.7 Å². The Morgan fingerprint density at radius 1 is 1.10 bits per heavy atom. The Bertz CT molecular complexity index is 382. The summed E-state index contributed by atoms with van der Waals surface area (Å²) in [7, 11) is 3.28. The van der Waals surface area contributed by atoms with Crippen LogP contribution in [0.3, 0.4) is 0 Å². The molecule has 0 bridgehead atoms. The van der Waals surface area contributed by atoms with Crippen LogP contribution in [0.15, 0.2) is 18.2 Å². The fourth-order valence-electron chi connectivity index (χ4n) is 2.06. The van der Waals surface area contributed by atoms with Crippen LogP contribution in [0.2, 0.25) is 0 Å². The van der Waals surface area contributed by atoms with E-state index in [9.17, 15) is 0 Å². The fourth-order valence-corrected chi connectivity index (χ4v) is 2.06. The summed E-state index contributed by atoms with van der Waals surface area (Å²) in [6.07, 6.45) is 4.81. The summed E-state index contributed by atoms with van der Waals surface area (Å²) in [5.74, 6) is 1.55. The monoisotopic (exact) mass is 281 g/mol. The molecule has 0 heterocycles. The zero-order valence-corrected chi connectivity index (χ0v) is 12.9. The smallest absolute Gasteiger partial charge is 0.123 e. The van der Waals surface area contributed by atoms with Crippen LogP contribution in [0, 0.1) is 0 Å². The second kappa shape index (κ2) is 9.61. The number of ether oxygens (including phenoxy) is 3. The summed E-state index contributed by atoms with van der Waals surface area (Å²) in [5.41, 5.74) is 7.09. The third kappa shape index (κ3) is 5.39. The highest BCUT2D eigenvalue weighted by Gasteiger charge is 2.13. The van der Waals surface area contributed by atoms with Gasteiger partial charge in [-0.3, -0.25) is 0 Å². The Morgan fingerprint density at radius 2 is 1.90 bits per heavy atom. The second-order valence-corrected chi connectivity index (χ2v) is 4.85. The van der Waals surface area contributed by atoms with Gasteiger partial charge in [-0.1, -0.05) is 26.2 Å². The van der Waals surface area contributed by atoms with E-state index in [2.05, 4.69) is 6.92 Å². The van der Waals surface area contributed by atoms with Crippen molar-refractivity contribution in [2.75, 3.05) is 27.4 Å². The zero-order chi connectivity index (χ0) is 14.8. The fraction of sp³-hybridized carbons (Fsp3) is 0.625. The van der Waals surface area contributed by atoms with Gasteiger partial charge in [-0.05, 0) is 24.6 Å². The molecule has 1 atom stereocenters. The van der Waals surface area contributed by atoms with Gasteiger partial charge in [-0.15, -0.1) is 0 Å². The molecule has 1 unspecified atom stereocenters. The van der Waals surface area contributed by atoms with Gasteiger partial charge < -0.3 is 19.9 Å². The first-order valence-electron chi connectivity index (χ1n) is 7.28. The molecule has 2 N–H and O–H groups in total. The maximum absolute atomic E-state index is 6.18. The number of methoxy groups -OCH3 is 2. The van der Waals surface area contributed by atoms with Gasteiger partial charge in [-0.2, -0.15) is 0 Å². The van der Waals surface area contributed by atoms with Crippen molar-refractivity contribution in [3.8, 4) is 11.5 Å². The van der Waals surface area contributed by atoms with Crippen LogP contribution in [-0.4, -0.2) is 27.4 Å². The first-order chi connectivity index (χ1) is 9.72. The predicted octanol–water partition coefficient (Wildman–Crippen LogP) is 3.30. The van der Waals surface area contributed by atoms with Crippen molar-refractivity contribution in [3.63, 3.8) is 0 Å². The highest BCUT2D eigenvalue weighted by atomic mass is 16.5. The Kier molecular flexibility index (Phi) is 8.07. The normalized spacial score (nSPS) is 12.2. The average molecular weight is 281 g/mol. The number of hydrogen-bond donors (Lipinski definition) is 1. The summed E-state index contributed by atoms with van der Waals surface area (Å²) in [5, 5.41) is 0.